The molecule has 0 aliphatic carbocycles. The third kappa shape index (κ3) is 3.72. The van der Waals surface area contributed by atoms with Crippen molar-refractivity contribution in [3.05, 3.63) is 36.1 Å². The van der Waals surface area contributed by atoms with E-state index in [0.717, 1.165) is 4.90 Å². The summed E-state index contributed by atoms with van der Waals surface area (Å²) in [7, 11) is 0. The van der Waals surface area contributed by atoms with Crippen molar-refractivity contribution in [1.29, 1.82) is 0 Å². The lowest BCUT2D eigenvalue weighted by atomic mass is 10.4. The molecule has 0 atom stereocenters. The normalized spacial score (nSPS) is 10.6. The van der Waals surface area contributed by atoms with Crippen LogP contribution in [0, 0.1) is 5.75 Å². The monoisotopic (exact) mass is 187 g/mol. The van der Waals surface area contributed by atoms with Gasteiger partial charge in [-0.3, -0.25) is 0 Å². The Morgan fingerprint density at radius 3 is 2.50 bits per heavy atom. The summed E-state index contributed by atoms with van der Waals surface area (Å²) in [6.45, 7) is 0. The van der Waals surface area contributed by atoms with E-state index in [9.17, 15) is 8.78 Å². The molecule has 0 spiro atoms. The molecule has 1 aromatic carbocycles. The second-order valence-electron chi connectivity index (χ2n) is 2.22. The molecule has 12 heavy (non-hydrogen) atoms. The van der Waals surface area contributed by atoms with Gasteiger partial charge >= 0.3 is 0 Å². The van der Waals surface area contributed by atoms with Crippen LogP contribution in [0.15, 0.2) is 35.2 Å². The van der Waals surface area contributed by atoms with Crippen molar-refractivity contribution in [3.8, 4) is 0 Å². The summed E-state index contributed by atoms with van der Waals surface area (Å²) in [4.78, 5) is 0.998. The highest BCUT2D eigenvalue weighted by Gasteiger charge is 2.01. The average Bonchev–Trinajstić information content (AvgIpc) is 2.05. The first-order valence-corrected chi connectivity index (χ1v) is 4.48. The van der Waals surface area contributed by atoms with Gasteiger partial charge in [-0.25, -0.2) is 8.78 Å². The molecule has 0 saturated carbocycles. The Hall–Kier alpha value is -0.570. The van der Waals surface area contributed by atoms with Gasteiger partial charge in [0.05, 0.1) is 0 Å². The largest absolute Gasteiger partial charge is 0.239 e. The van der Waals surface area contributed by atoms with Crippen LogP contribution < -0.4 is 0 Å². The molecule has 1 rings (SSSR count). The number of alkyl halides is 2. The summed E-state index contributed by atoms with van der Waals surface area (Å²) in [6, 6.07) is 9.47. The molecule has 1 radical (unpaired) electrons. The Morgan fingerprint density at radius 1 is 1.25 bits per heavy atom. The smallest absolute Gasteiger partial charge is 0.210 e. The predicted octanol–water partition coefficient (Wildman–Crippen LogP) is 3.60. The quantitative estimate of drug-likeness (QED) is 0.649. The minimum atomic E-state index is -2.23. The van der Waals surface area contributed by atoms with Crippen LogP contribution >= 0.6 is 11.8 Å². The van der Waals surface area contributed by atoms with Gasteiger partial charge < -0.3 is 0 Å². The van der Waals surface area contributed by atoms with Crippen molar-refractivity contribution >= 4 is 11.8 Å². The maximum Gasteiger partial charge on any atom is 0.239 e. The minimum Gasteiger partial charge on any atom is -0.210 e. The van der Waals surface area contributed by atoms with Crippen LogP contribution in [0.25, 0.3) is 0 Å². The number of thioether (sulfide) groups is 1. The summed E-state index contributed by atoms with van der Waals surface area (Å²) in [5.41, 5.74) is 0. The van der Waals surface area contributed by atoms with Crippen molar-refractivity contribution in [2.75, 3.05) is 0 Å². The Morgan fingerprint density at radius 2 is 1.92 bits per heavy atom. The molecule has 0 unspecified atom stereocenters. The molecule has 0 aliphatic rings. The van der Waals surface area contributed by atoms with E-state index in [1.165, 1.54) is 17.5 Å². The van der Waals surface area contributed by atoms with Crippen molar-refractivity contribution in [3.63, 3.8) is 0 Å². The summed E-state index contributed by atoms with van der Waals surface area (Å²) in [5.74, 6) is 1.53. The lowest BCUT2D eigenvalue weighted by Gasteiger charge is -1.99. The van der Waals surface area contributed by atoms with Gasteiger partial charge in [0, 0.05) is 17.1 Å². The molecule has 0 bridgehead atoms. The van der Waals surface area contributed by atoms with Gasteiger partial charge in [-0.1, -0.05) is 18.2 Å². The van der Waals surface area contributed by atoms with Crippen molar-refractivity contribution in [2.24, 2.45) is 0 Å². The number of benzene rings is 1. The average molecular weight is 187 g/mol. The van der Waals surface area contributed by atoms with E-state index < -0.39 is 6.43 Å². The van der Waals surface area contributed by atoms with Crippen molar-refractivity contribution < 1.29 is 8.78 Å². The molecule has 0 saturated heterocycles. The minimum absolute atomic E-state index is 0.153. The Kier molecular flexibility index (Phi) is 4.08. The van der Waals surface area contributed by atoms with Gasteiger partial charge in [-0.05, 0) is 12.1 Å². The van der Waals surface area contributed by atoms with Crippen molar-refractivity contribution in [1.82, 2.24) is 0 Å². The summed E-state index contributed by atoms with van der Waals surface area (Å²) in [5, 5.41) is 0. The van der Waals surface area contributed by atoms with Gasteiger partial charge in [0.1, 0.15) is 0 Å². The lowest BCUT2D eigenvalue weighted by molar-refractivity contribution is 0.150. The second kappa shape index (κ2) is 5.14. The fraction of sp³-hybridized carbons (Fsp3) is 0.222. The molecule has 1 aromatic rings. The molecular formula is C9H9F2S. The standard InChI is InChI=1S/C9H9F2S/c10-9(11)6-7-12-8-4-2-1-3-5-8/h1-5,7,9H,6H2. The Labute approximate surface area is 75.0 Å². The zero-order valence-corrected chi connectivity index (χ0v) is 7.23. The maximum absolute atomic E-state index is 11.7. The molecule has 65 valence electrons. The highest BCUT2D eigenvalue weighted by atomic mass is 32.2. The van der Waals surface area contributed by atoms with Crippen LogP contribution in [-0.2, 0) is 0 Å². The zero-order valence-electron chi connectivity index (χ0n) is 6.41. The highest BCUT2D eigenvalue weighted by molar-refractivity contribution is 8.01. The van der Waals surface area contributed by atoms with Gasteiger partial charge in [-0.15, -0.1) is 11.8 Å². The summed E-state index contributed by atoms with van der Waals surface area (Å²) < 4.78 is 23.4. The number of hydrogen-bond donors (Lipinski definition) is 0. The van der Waals surface area contributed by atoms with Gasteiger partial charge in [0.2, 0.25) is 6.43 Å². The molecule has 0 heterocycles. The van der Waals surface area contributed by atoms with E-state index in [-0.39, 0.29) is 6.42 Å². The molecule has 0 aliphatic heterocycles. The summed E-state index contributed by atoms with van der Waals surface area (Å²) in [6.07, 6.45) is -2.39. The third-order valence-corrected chi connectivity index (χ3v) is 2.14. The van der Waals surface area contributed by atoms with Crippen LogP contribution in [-0.4, -0.2) is 6.43 Å². The fourth-order valence-electron chi connectivity index (χ4n) is 0.716. The van der Waals surface area contributed by atoms with Gasteiger partial charge in [-0.2, -0.15) is 0 Å². The molecular weight excluding hydrogens is 178 g/mol. The van der Waals surface area contributed by atoms with E-state index in [1.54, 1.807) is 0 Å². The number of rotatable bonds is 4. The topological polar surface area (TPSA) is 0 Å². The van der Waals surface area contributed by atoms with Crippen molar-refractivity contribution in [2.45, 2.75) is 17.7 Å². The number of hydrogen-bond acceptors (Lipinski definition) is 1. The molecule has 0 amide bonds. The van der Waals surface area contributed by atoms with E-state index in [2.05, 4.69) is 0 Å². The van der Waals surface area contributed by atoms with Gasteiger partial charge in [0.25, 0.3) is 0 Å². The van der Waals surface area contributed by atoms with Crippen LogP contribution in [0.1, 0.15) is 6.42 Å². The first-order valence-electron chi connectivity index (χ1n) is 3.60. The second-order valence-corrected chi connectivity index (χ2v) is 3.26. The lowest BCUT2D eigenvalue weighted by Crippen LogP contribution is -1.87. The molecule has 3 heteroatoms. The third-order valence-electron chi connectivity index (χ3n) is 1.24. The first kappa shape index (κ1) is 9.52. The summed E-state index contributed by atoms with van der Waals surface area (Å²) >= 11 is 1.34. The Bertz CT molecular complexity index is 211. The maximum atomic E-state index is 11.7. The van der Waals surface area contributed by atoms with E-state index in [0.29, 0.717) is 0 Å². The van der Waals surface area contributed by atoms with Crippen LogP contribution in [0.4, 0.5) is 8.78 Å². The van der Waals surface area contributed by atoms with Crippen LogP contribution in [0.2, 0.25) is 0 Å². The van der Waals surface area contributed by atoms with E-state index in [1.807, 2.05) is 30.3 Å². The van der Waals surface area contributed by atoms with E-state index in [4.69, 9.17) is 0 Å². The molecule has 0 fully saturated rings. The molecule has 0 aromatic heterocycles. The van der Waals surface area contributed by atoms with Crippen LogP contribution in [0.5, 0.6) is 0 Å². The first-order chi connectivity index (χ1) is 5.79. The Balaban J connectivity index is 2.25. The molecule has 0 N–H and O–H groups in total. The highest BCUT2D eigenvalue weighted by Crippen LogP contribution is 2.22. The van der Waals surface area contributed by atoms with Gasteiger partial charge in [0.15, 0.2) is 0 Å². The molecule has 0 nitrogen and oxygen atoms in total. The zero-order chi connectivity index (χ0) is 8.81. The van der Waals surface area contributed by atoms with Crippen LogP contribution in [0.3, 0.4) is 0 Å². The predicted molar refractivity (Wildman–Crippen MR) is 47.2 cm³/mol. The number of halogens is 2. The fourth-order valence-corrected chi connectivity index (χ4v) is 1.46. The SMILES string of the molecule is FC(F)C[CH]Sc1ccccc1. The van der Waals surface area contributed by atoms with E-state index >= 15 is 0 Å².